The minimum atomic E-state index is 0.533. The molecule has 0 radical (unpaired) electrons. The molecule has 2 heterocycles. The van der Waals surface area contributed by atoms with Crippen molar-refractivity contribution in [3.63, 3.8) is 0 Å². The third-order valence-corrected chi connectivity index (χ3v) is 3.48. The zero-order valence-electron chi connectivity index (χ0n) is 9.27. The smallest absolute Gasteiger partial charge is 0.152 e. The van der Waals surface area contributed by atoms with Crippen LogP contribution in [-0.4, -0.2) is 19.6 Å². The van der Waals surface area contributed by atoms with Gasteiger partial charge in [0.2, 0.25) is 0 Å². The van der Waals surface area contributed by atoms with Crippen molar-refractivity contribution in [3.8, 4) is 10.7 Å². The second-order valence-corrected chi connectivity index (χ2v) is 4.58. The maximum atomic E-state index is 5.61. The van der Waals surface area contributed by atoms with Crippen molar-refractivity contribution in [1.29, 1.82) is 0 Å². The van der Waals surface area contributed by atoms with Crippen LogP contribution >= 0.6 is 11.5 Å². The van der Waals surface area contributed by atoms with E-state index in [1.165, 1.54) is 11.5 Å². The molecule has 3 N–H and O–H groups in total. The summed E-state index contributed by atoms with van der Waals surface area (Å²) >= 11 is 1.35. The Labute approximate surface area is 102 Å². The van der Waals surface area contributed by atoms with E-state index in [0.717, 1.165) is 33.0 Å². The molecule has 0 unspecified atom stereocenters. The van der Waals surface area contributed by atoms with E-state index in [1.54, 1.807) is 0 Å². The summed E-state index contributed by atoms with van der Waals surface area (Å²) in [7, 11) is 0. The SMILES string of the molecule is Cc1nnsc1-c1nc2ccc(CN)cc2[nH]1. The molecule has 2 aromatic heterocycles. The van der Waals surface area contributed by atoms with Gasteiger partial charge in [-0.25, -0.2) is 4.98 Å². The third kappa shape index (κ3) is 1.71. The molecule has 0 aliphatic rings. The number of imidazole rings is 1. The molecule has 17 heavy (non-hydrogen) atoms. The Hall–Kier alpha value is -1.79. The summed E-state index contributed by atoms with van der Waals surface area (Å²) in [5.74, 6) is 0.821. The van der Waals surface area contributed by atoms with E-state index < -0.39 is 0 Å². The first kappa shape index (κ1) is 10.4. The van der Waals surface area contributed by atoms with Crippen molar-refractivity contribution >= 4 is 22.6 Å². The van der Waals surface area contributed by atoms with Crippen LogP contribution in [0.25, 0.3) is 21.7 Å². The van der Waals surface area contributed by atoms with Crippen molar-refractivity contribution in [3.05, 3.63) is 29.5 Å². The molecule has 0 spiro atoms. The first-order chi connectivity index (χ1) is 8.28. The van der Waals surface area contributed by atoms with Crippen molar-refractivity contribution in [2.24, 2.45) is 5.73 Å². The van der Waals surface area contributed by atoms with Gasteiger partial charge in [-0.3, -0.25) is 0 Å². The van der Waals surface area contributed by atoms with Crippen LogP contribution in [0.3, 0.4) is 0 Å². The zero-order chi connectivity index (χ0) is 11.8. The first-order valence-electron chi connectivity index (χ1n) is 5.26. The van der Waals surface area contributed by atoms with E-state index in [-0.39, 0.29) is 0 Å². The lowest BCUT2D eigenvalue weighted by Gasteiger charge is -1.94. The normalized spacial score (nSPS) is 11.2. The van der Waals surface area contributed by atoms with E-state index in [0.29, 0.717) is 6.54 Å². The molecule has 0 atom stereocenters. The topological polar surface area (TPSA) is 80.5 Å². The summed E-state index contributed by atoms with van der Waals surface area (Å²) < 4.78 is 3.91. The standard InChI is InChI=1S/C11H11N5S/c1-6-10(17-16-15-6)11-13-8-3-2-7(5-12)4-9(8)14-11/h2-4H,5,12H2,1H3,(H,13,14). The minimum Gasteiger partial charge on any atom is -0.337 e. The summed E-state index contributed by atoms with van der Waals surface area (Å²) in [6, 6.07) is 5.99. The fourth-order valence-electron chi connectivity index (χ4n) is 1.74. The van der Waals surface area contributed by atoms with Crippen molar-refractivity contribution in [2.75, 3.05) is 0 Å². The molecule has 5 nitrogen and oxygen atoms in total. The molecule has 6 heteroatoms. The largest absolute Gasteiger partial charge is 0.337 e. The Morgan fingerprint density at radius 1 is 1.41 bits per heavy atom. The number of aryl methyl sites for hydroxylation is 1. The Morgan fingerprint density at radius 3 is 3.00 bits per heavy atom. The number of fused-ring (bicyclic) bond motifs is 1. The zero-order valence-corrected chi connectivity index (χ0v) is 10.1. The highest BCUT2D eigenvalue weighted by atomic mass is 32.1. The molecule has 0 saturated carbocycles. The van der Waals surface area contributed by atoms with Crippen LogP contribution in [0.1, 0.15) is 11.3 Å². The average molecular weight is 245 g/mol. The molecule has 86 valence electrons. The van der Waals surface area contributed by atoms with Crippen molar-refractivity contribution in [2.45, 2.75) is 13.5 Å². The number of nitrogens with zero attached hydrogens (tertiary/aromatic N) is 3. The monoisotopic (exact) mass is 245 g/mol. The van der Waals surface area contributed by atoms with E-state index in [2.05, 4.69) is 19.6 Å². The Morgan fingerprint density at radius 2 is 2.29 bits per heavy atom. The summed E-state index contributed by atoms with van der Waals surface area (Å²) in [4.78, 5) is 8.78. The maximum Gasteiger partial charge on any atom is 0.152 e. The van der Waals surface area contributed by atoms with Crippen LogP contribution in [0, 0.1) is 6.92 Å². The van der Waals surface area contributed by atoms with Crippen LogP contribution < -0.4 is 5.73 Å². The lowest BCUT2D eigenvalue weighted by atomic mass is 10.2. The highest BCUT2D eigenvalue weighted by Crippen LogP contribution is 2.25. The van der Waals surface area contributed by atoms with E-state index in [4.69, 9.17) is 5.73 Å². The van der Waals surface area contributed by atoms with Gasteiger partial charge in [-0.1, -0.05) is 10.6 Å². The number of nitrogens with one attached hydrogen (secondary N) is 1. The first-order valence-corrected chi connectivity index (χ1v) is 6.03. The number of rotatable bonds is 2. The summed E-state index contributed by atoms with van der Waals surface area (Å²) in [6.45, 7) is 2.46. The number of aromatic nitrogens is 4. The molecule has 0 bridgehead atoms. The molecule has 0 saturated heterocycles. The fourth-order valence-corrected chi connectivity index (χ4v) is 2.34. The quantitative estimate of drug-likeness (QED) is 0.722. The van der Waals surface area contributed by atoms with Gasteiger partial charge in [-0.05, 0) is 36.2 Å². The highest BCUT2D eigenvalue weighted by molar-refractivity contribution is 7.09. The number of nitrogens with two attached hydrogens (primary N) is 1. The minimum absolute atomic E-state index is 0.533. The molecule has 0 aliphatic carbocycles. The van der Waals surface area contributed by atoms with Crippen molar-refractivity contribution in [1.82, 2.24) is 19.6 Å². The second-order valence-electron chi connectivity index (χ2n) is 3.83. The molecular formula is C11H11N5S. The van der Waals surface area contributed by atoms with E-state index in [9.17, 15) is 0 Å². The molecule has 0 aliphatic heterocycles. The van der Waals surface area contributed by atoms with Crippen LogP contribution in [0.5, 0.6) is 0 Å². The van der Waals surface area contributed by atoms with E-state index >= 15 is 0 Å². The molecule has 0 amide bonds. The lowest BCUT2D eigenvalue weighted by molar-refractivity contribution is 1.07. The Balaban J connectivity index is 2.17. The van der Waals surface area contributed by atoms with Gasteiger partial charge in [0.15, 0.2) is 5.82 Å². The number of aromatic amines is 1. The number of benzene rings is 1. The van der Waals surface area contributed by atoms with Gasteiger partial charge >= 0.3 is 0 Å². The van der Waals surface area contributed by atoms with Gasteiger partial charge in [0.25, 0.3) is 0 Å². The number of hydrogen-bond donors (Lipinski definition) is 2. The van der Waals surface area contributed by atoms with Crippen LogP contribution in [0.2, 0.25) is 0 Å². The molecule has 3 aromatic rings. The second kappa shape index (κ2) is 3.90. The Bertz CT molecular complexity index is 669. The van der Waals surface area contributed by atoms with E-state index in [1.807, 2.05) is 25.1 Å². The highest BCUT2D eigenvalue weighted by Gasteiger charge is 2.11. The summed E-state index contributed by atoms with van der Waals surface area (Å²) in [6.07, 6.45) is 0. The predicted molar refractivity (Wildman–Crippen MR) is 67.6 cm³/mol. The number of hydrogen-bond acceptors (Lipinski definition) is 5. The Kier molecular flexibility index (Phi) is 2.38. The van der Waals surface area contributed by atoms with Gasteiger partial charge in [-0.15, -0.1) is 5.10 Å². The number of H-pyrrole nitrogens is 1. The molecule has 1 aromatic carbocycles. The average Bonchev–Trinajstić information content (AvgIpc) is 2.93. The van der Waals surface area contributed by atoms with Gasteiger partial charge in [-0.2, -0.15) is 0 Å². The lowest BCUT2D eigenvalue weighted by Crippen LogP contribution is -1.95. The molecule has 3 rings (SSSR count). The fraction of sp³-hybridized carbons (Fsp3) is 0.182. The van der Waals surface area contributed by atoms with Gasteiger partial charge in [0.05, 0.1) is 16.7 Å². The maximum absolute atomic E-state index is 5.61. The van der Waals surface area contributed by atoms with Gasteiger partial charge in [0, 0.05) is 6.54 Å². The third-order valence-electron chi connectivity index (χ3n) is 2.65. The van der Waals surface area contributed by atoms with Gasteiger partial charge < -0.3 is 10.7 Å². The van der Waals surface area contributed by atoms with Crippen LogP contribution in [-0.2, 0) is 6.54 Å². The predicted octanol–water partition coefficient (Wildman–Crippen LogP) is 1.85. The van der Waals surface area contributed by atoms with Crippen molar-refractivity contribution < 1.29 is 0 Å². The van der Waals surface area contributed by atoms with Crippen LogP contribution in [0.4, 0.5) is 0 Å². The summed E-state index contributed by atoms with van der Waals surface area (Å²) in [5, 5.41) is 3.99. The molecule has 0 fully saturated rings. The molecular weight excluding hydrogens is 234 g/mol. The summed E-state index contributed by atoms with van der Waals surface area (Å²) in [5.41, 5.74) is 9.53. The van der Waals surface area contributed by atoms with Gasteiger partial charge in [0.1, 0.15) is 4.88 Å². The van der Waals surface area contributed by atoms with Crippen LogP contribution in [0.15, 0.2) is 18.2 Å².